The Labute approximate surface area is 98.5 Å². The molecule has 0 aliphatic rings. The van der Waals surface area contributed by atoms with Gasteiger partial charge in [-0.25, -0.2) is 0 Å². The molecule has 0 aliphatic heterocycles. The normalized spacial score (nSPS) is 15.1. The summed E-state index contributed by atoms with van der Waals surface area (Å²) in [6, 6.07) is 10.1. The van der Waals surface area contributed by atoms with Crippen LogP contribution < -0.4 is 5.73 Å². The topological polar surface area (TPSA) is 46.2 Å². The molecule has 90 valence electrons. The molecule has 0 spiro atoms. The number of benzene rings is 1. The van der Waals surface area contributed by atoms with Gasteiger partial charge < -0.3 is 10.8 Å². The lowest BCUT2D eigenvalue weighted by Crippen LogP contribution is -2.36. The number of nitrogens with two attached hydrogens (primary N) is 1. The van der Waals surface area contributed by atoms with E-state index < -0.39 is 0 Å². The molecule has 0 saturated heterocycles. The Balaban J connectivity index is 2.32. The monoisotopic (exact) mass is 221 g/mol. The molecule has 0 amide bonds. The van der Waals surface area contributed by atoms with Crippen LogP contribution in [0.2, 0.25) is 0 Å². The van der Waals surface area contributed by atoms with Crippen molar-refractivity contribution in [1.82, 2.24) is 0 Å². The Kier molecular flexibility index (Phi) is 5.50. The van der Waals surface area contributed by atoms with E-state index >= 15 is 0 Å². The molecule has 0 aliphatic carbocycles. The van der Waals surface area contributed by atoms with Crippen LogP contribution in [0.25, 0.3) is 0 Å². The Bertz CT molecular complexity index is 284. The lowest BCUT2D eigenvalue weighted by Gasteiger charge is -2.20. The van der Waals surface area contributed by atoms with Crippen molar-refractivity contribution < 1.29 is 5.11 Å². The molecule has 0 saturated carbocycles. The van der Waals surface area contributed by atoms with Gasteiger partial charge in [0, 0.05) is 6.04 Å². The highest BCUT2D eigenvalue weighted by atomic mass is 16.3. The van der Waals surface area contributed by atoms with E-state index in [1.54, 1.807) is 0 Å². The minimum Gasteiger partial charge on any atom is -0.392 e. The van der Waals surface area contributed by atoms with Crippen molar-refractivity contribution in [3.63, 3.8) is 0 Å². The van der Waals surface area contributed by atoms with Crippen molar-refractivity contribution in [3.05, 3.63) is 35.9 Å². The predicted molar refractivity (Wildman–Crippen MR) is 68.2 cm³/mol. The van der Waals surface area contributed by atoms with Crippen LogP contribution in [0, 0.1) is 5.92 Å². The van der Waals surface area contributed by atoms with E-state index in [1.165, 1.54) is 5.56 Å². The quantitative estimate of drug-likeness (QED) is 0.774. The third kappa shape index (κ3) is 4.77. The minimum atomic E-state index is -0.386. The average Bonchev–Trinajstić information content (AvgIpc) is 2.26. The number of aryl methyl sites for hydroxylation is 1. The summed E-state index contributed by atoms with van der Waals surface area (Å²) in [5.74, 6) is 0.543. The first-order valence-corrected chi connectivity index (χ1v) is 6.07. The van der Waals surface area contributed by atoms with E-state index in [0.29, 0.717) is 5.92 Å². The fourth-order valence-electron chi connectivity index (χ4n) is 1.87. The molecular weight excluding hydrogens is 198 g/mol. The predicted octanol–water partition coefficient (Wildman–Crippen LogP) is 2.35. The fourth-order valence-corrected chi connectivity index (χ4v) is 1.87. The van der Waals surface area contributed by atoms with Gasteiger partial charge in [-0.05, 0) is 30.7 Å². The molecule has 3 N–H and O–H groups in total. The number of hydrogen-bond donors (Lipinski definition) is 2. The Morgan fingerprint density at radius 3 is 2.38 bits per heavy atom. The lowest BCUT2D eigenvalue weighted by molar-refractivity contribution is 0.125. The van der Waals surface area contributed by atoms with Crippen molar-refractivity contribution in [2.24, 2.45) is 11.7 Å². The highest BCUT2D eigenvalue weighted by Crippen LogP contribution is 2.11. The third-order valence-corrected chi connectivity index (χ3v) is 2.81. The zero-order valence-corrected chi connectivity index (χ0v) is 10.3. The van der Waals surface area contributed by atoms with Crippen LogP contribution in [0.1, 0.15) is 32.3 Å². The Morgan fingerprint density at radius 2 is 1.81 bits per heavy atom. The summed E-state index contributed by atoms with van der Waals surface area (Å²) in [7, 11) is 0. The number of hydrogen-bond acceptors (Lipinski definition) is 2. The number of aliphatic hydroxyl groups excluding tert-OH is 1. The van der Waals surface area contributed by atoms with E-state index in [-0.39, 0.29) is 12.1 Å². The van der Waals surface area contributed by atoms with Gasteiger partial charge in [-0.3, -0.25) is 0 Å². The van der Waals surface area contributed by atoms with Crippen LogP contribution in [-0.4, -0.2) is 17.3 Å². The van der Waals surface area contributed by atoms with Gasteiger partial charge in [0.2, 0.25) is 0 Å². The van der Waals surface area contributed by atoms with Crippen molar-refractivity contribution >= 4 is 0 Å². The number of aliphatic hydroxyl groups is 1. The second kappa shape index (κ2) is 6.66. The SMILES string of the molecule is CC(C)CC(N)C(O)CCc1ccccc1. The molecule has 1 aromatic rings. The maximum absolute atomic E-state index is 9.90. The second-order valence-electron chi connectivity index (χ2n) is 4.89. The molecule has 1 aromatic carbocycles. The third-order valence-electron chi connectivity index (χ3n) is 2.81. The zero-order valence-electron chi connectivity index (χ0n) is 10.3. The van der Waals surface area contributed by atoms with Gasteiger partial charge in [-0.1, -0.05) is 44.2 Å². The minimum absolute atomic E-state index is 0.0938. The summed E-state index contributed by atoms with van der Waals surface area (Å²) >= 11 is 0. The zero-order chi connectivity index (χ0) is 12.0. The average molecular weight is 221 g/mol. The van der Waals surface area contributed by atoms with Crippen LogP contribution in [0.3, 0.4) is 0 Å². The van der Waals surface area contributed by atoms with E-state index in [4.69, 9.17) is 5.73 Å². The van der Waals surface area contributed by atoms with Gasteiger partial charge >= 0.3 is 0 Å². The molecule has 2 atom stereocenters. The van der Waals surface area contributed by atoms with Crippen molar-refractivity contribution in [2.75, 3.05) is 0 Å². The molecule has 0 fully saturated rings. The van der Waals surface area contributed by atoms with Crippen LogP contribution in [0.4, 0.5) is 0 Å². The molecule has 2 nitrogen and oxygen atoms in total. The van der Waals surface area contributed by atoms with Gasteiger partial charge in [-0.15, -0.1) is 0 Å². The van der Waals surface area contributed by atoms with Crippen LogP contribution in [0.15, 0.2) is 30.3 Å². The molecule has 16 heavy (non-hydrogen) atoms. The first-order valence-electron chi connectivity index (χ1n) is 6.07. The van der Waals surface area contributed by atoms with Crippen molar-refractivity contribution in [3.8, 4) is 0 Å². The largest absolute Gasteiger partial charge is 0.392 e. The first kappa shape index (κ1) is 13.2. The van der Waals surface area contributed by atoms with E-state index in [1.807, 2.05) is 18.2 Å². The smallest absolute Gasteiger partial charge is 0.0694 e. The van der Waals surface area contributed by atoms with Gasteiger partial charge in [0.05, 0.1) is 6.10 Å². The highest BCUT2D eigenvalue weighted by Gasteiger charge is 2.15. The van der Waals surface area contributed by atoms with E-state index in [9.17, 15) is 5.11 Å². The molecule has 0 aromatic heterocycles. The first-order chi connectivity index (χ1) is 7.59. The Hall–Kier alpha value is -0.860. The van der Waals surface area contributed by atoms with E-state index in [2.05, 4.69) is 26.0 Å². The highest BCUT2D eigenvalue weighted by molar-refractivity contribution is 5.14. The summed E-state index contributed by atoms with van der Waals surface area (Å²) in [5.41, 5.74) is 7.19. The molecular formula is C14H23NO. The lowest BCUT2D eigenvalue weighted by atomic mass is 9.96. The van der Waals surface area contributed by atoms with Crippen molar-refractivity contribution in [2.45, 2.75) is 45.3 Å². The molecule has 1 rings (SSSR count). The maximum Gasteiger partial charge on any atom is 0.0694 e. The summed E-state index contributed by atoms with van der Waals surface area (Å²) in [6.07, 6.45) is 2.14. The van der Waals surface area contributed by atoms with Crippen LogP contribution >= 0.6 is 0 Å². The van der Waals surface area contributed by atoms with Crippen molar-refractivity contribution in [1.29, 1.82) is 0 Å². The molecule has 2 unspecified atom stereocenters. The molecule has 0 bridgehead atoms. The van der Waals surface area contributed by atoms with Gasteiger partial charge in [0.1, 0.15) is 0 Å². The summed E-state index contributed by atoms with van der Waals surface area (Å²) < 4.78 is 0. The molecule has 0 radical (unpaired) electrons. The molecule has 2 heteroatoms. The number of rotatable bonds is 6. The summed E-state index contributed by atoms with van der Waals surface area (Å²) in [6.45, 7) is 4.26. The van der Waals surface area contributed by atoms with Gasteiger partial charge in [0.25, 0.3) is 0 Å². The summed E-state index contributed by atoms with van der Waals surface area (Å²) in [5, 5.41) is 9.90. The van der Waals surface area contributed by atoms with Gasteiger partial charge in [-0.2, -0.15) is 0 Å². The maximum atomic E-state index is 9.90. The van der Waals surface area contributed by atoms with Gasteiger partial charge in [0.15, 0.2) is 0 Å². The second-order valence-corrected chi connectivity index (χ2v) is 4.89. The van der Waals surface area contributed by atoms with Crippen LogP contribution in [0.5, 0.6) is 0 Å². The molecule has 0 heterocycles. The summed E-state index contributed by atoms with van der Waals surface area (Å²) in [4.78, 5) is 0. The Morgan fingerprint density at radius 1 is 1.19 bits per heavy atom. The fraction of sp³-hybridized carbons (Fsp3) is 0.571. The standard InChI is InChI=1S/C14H23NO/c1-11(2)10-13(15)14(16)9-8-12-6-4-3-5-7-12/h3-7,11,13-14,16H,8-10,15H2,1-2H3. The van der Waals surface area contributed by atoms with Crippen LogP contribution in [-0.2, 0) is 6.42 Å². The van der Waals surface area contributed by atoms with E-state index in [0.717, 1.165) is 19.3 Å².